The van der Waals surface area contributed by atoms with E-state index in [0.29, 0.717) is 17.9 Å². The smallest absolute Gasteiger partial charge is 0.315 e. The van der Waals surface area contributed by atoms with Crippen LogP contribution in [0.2, 0.25) is 0 Å². The highest BCUT2D eigenvalue weighted by molar-refractivity contribution is 6.29. The van der Waals surface area contributed by atoms with E-state index in [0.717, 1.165) is 0 Å². The number of carboxylic acid groups (broad SMARTS) is 1. The Balaban J connectivity index is 2.23. The maximum atomic E-state index is 11.1. The van der Waals surface area contributed by atoms with Gasteiger partial charge in [0, 0.05) is 11.6 Å². The van der Waals surface area contributed by atoms with Crippen molar-refractivity contribution < 1.29 is 14.7 Å². The Bertz CT molecular complexity index is 300. The molecule has 0 unspecified atom stereocenters. The second kappa shape index (κ2) is 4.53. The largest absolute Gasteiger partial charge is 0.481 e. The quantitative estimate of drug-likeness (QED) is 0.659. The zero-order valence-electron chi connectivity index (χ0n) is 8.18. The van der Waals surface area contributed by atoms with Crippen LogP contribution in [-0.2, 0) is 4.79 Å². The van der Waals surface area contributed by atoms with E-state index in [1.54, 1.807) is 0 Å². The molecule has 1 rings (SSSR count). The van der Waals surface area contributed by atoms with Gasteiger partial charge in [0.05, 0.1) is 12.0 Å². The van der Waals surface area contributed by atoms with Gasteiger partial charge < -0.3 is 15.7 Å². The van der Waals surface area contributed by atoms with E-state index >= 15 is 0 Å². The highest BCUT2D eigenvalue weighted by Gasteiger charge is 2.50. The first-order valence-electron chi connectivity index (χ1n) is 4.55. The summed E-state index contributed by atoms with van der Waals surface area (Å²) in [5.41, 5.74) is -0.741. The summed E-state index contributed by atoms with van der Waals surface area (Å²) in [5, 5.41) is 14.1. The zero-order valence-corrected chi connectivity index (χ0v) is 8.93. The molecule has 0 heterocycles. The topological polar surface area (TPSA) is 78.4 Å². The maximum Gasteiger partial charge on any atom is 0.315 e. The highest BCUT2D eigenvalue weighted by Crippen LogP contribution is 2.45. The summed E-state index contributed by atoms with van der Waals surface area (Å²) in [6, 6.07) is -0.427. The summed E-state index contributed by atoms with van der Waals surface area (Å²) in [7, 11) is 0. The van der Waals surface area contributed by atoms with Crippen molar-refractivity contribution in [3.63, 3.8) is 0 Å². The molecule has 0 saturated heterocycles. The Morgan fingerprint density at radius 2 is 2.00 bits per heavy atom. The van der Waals surface area contributed by atoms with Crippen molar-refractivity contribution in [1.82, 2.24) is 10.6 Å². The van der Waals surface area contributed by atoms with E-state index in [1.165, 1.54) is 0 Å². The van der Waals surface area contributed by atoms with Gasteiger partial charge in [-0.25, -0.2) is 4.79 Å². The van der Waals surface area contributed by atoms with E-state index in [1.807, 2.05) is 0 Å². The average Bonchev–Trinajstić information content (AvgIpc) is 2.92. The van der Waals surface area contributed by atoms with E-state index in [4.69, 9.17) is 16.7 Å². The summed E-state index contributed by atoms with van der Waals surface area (Å²) in [4.78, 5) is 21.9. The molecule has 0 aromatic carbocycles. The SMILES string of the molecule is C=C(Cl)CNC(=O)NCC1(C(=O)O)CC1. The molecular weight excluding hydrogens is 220 g/mol. The van der Waals surface area contributed by atoms with Gasteiger partial charge in [-0.3, -0.25) is 4.79 Å². The van der Waals surface area contributed by atoms with Gasteiger partial charge in [-0.05, 0) is 12.8 Å². The van der Waals surface area contributed by atoms with E-state index in [9.17, 15) is 9.59 Å². The van der Waals surface area contributed by atoms with Gasteiger partial charge in [-0.1, -0.05) is 18.2 Å². The molecule has 0 bridgehead atoms. The molecule has 0 radical (unpaired) electrons. The molecule has 1 saturated carbocycles. The predicted octanol–water partition coefficient (Wildman–Crippen LogP) is 0.903. The van der Waals surface area contributed by atoms with Crippen molar-refractivity contribution in [2.45, 2.75) is 12.8 Å². The van der Waals surface area contributed by atoms with Crippen LogP contribution in [0.3, 0.4) is 0 Å². The highest BCUT2D eigenvalue weighted by atomic mass is 35.5. The zero-order chi connectivity index (χ0) is 11.5. The predicted molar refractivity (Wildman–Crippen MR) is 55.7 cm³/mol. The van der Waals surface area contributed by atoms with Crippen molar-refractivity contribution in [2.75, 3.05) is 13.1 Å². The van der Waals surface area contributed by atoms with Gasteiger partial charge in [0.15, 0.2) is 0 Å². The minimum Gasteiger partial charge on any atom is -0.481 e. The molecule has 0 atom stereocenters. The van der Waals surface area contributed by atoms with Crippen molar-refractivity contribution in [1.29, 1.82) is 0 Å². The molecule has 2 amide bonds. The van der Waals surface area contributed by atoms with Crippen LogP contribution >= 0.6 is 11.6 Å². The lowest BCUT2D eigenvalue weighted by molar-refractivity contribution is -0.143. The van der Waals surface area contributed by atoms with Crippen molar-refractivity contribution >= 4 is 23.6 Å². The first-order chi connectivity index (χ1) is 6.96. The molecule has 84 valence electrons. The second-order valence-corrected chi connectivity index (χ2v) is 4.17. The number of hydrogen-bond acceptors (Lipinski definition) is 2. The van der Waals surface area contributed by atoms with Gasteiger partial charge in [0.1, 0.15) is 0 Å². The number of halogens is 1. The fraction of sp³-hybridized carbons (Fsp3) is 0.556. The molecule has 5 nitrogen and oxygen atoms in total. The summed E-state index contributed by atoms with van der Waals surface area (Å²) in [5.74, 6) is -0.857. The molecule has 1 aliphatic rings. The molecule has 1 fully saturated rings. The molecule has 0 spiro atoms. The van der Waals surface area contributed by atoms with Gasteiger partial charge in [0.25, 0.3) is 0 Å². The van der Waals surface area contributed by atoms with Crippen LogP contribution < -0.4 is 10.6 Å². The van der Waals surface area contributed by atoms with E-state index in [2.05, 4.69) is 17.2 Å². The number of hydrogen-bond donors (Lipinski definition) is 3. The van der Waals surface area contributed by atoms with Crippen LogP contribution in [0, 0.1) is 5.41 Å². The van der Waals surface area contributed by atoms with Crippen molar-refractivity contribution in [2.24, 2.45) is 5.41 Å². The number of nitrogens with one attached hydrogen (secondary N) is 2. The van der Waals surface area contributed by atoms with E-state index in [-0.39, 0.29) is 13.1 Å². The minimum absolute atomic E-state index is 0.156. The molecule has 6 heteroatoms. The standard InChI is InChI=1S/C9H13ClN2O3/c1-6(10)4-11-8(15)12-5-9(2-3-9)7(13)14/h1-5H2,(H,13,14)(H2,11,12,15). The summed E-state index contributed by atoms with van der Waals surface area (Å²) < 4.78 is 0. The second-order valence-electron chi connectivity index (χ2n) is 3.64. The maximum absolute atomic E-state index is 11.1. The Morgan fingerprint density at radius 3 is 2.40 bits per heavy atom. The fourth-order valence-corrected chi connectivity index (χ4v) is 1.17. The average molecular weight is 233 g/mol. The number of aliphatic carboxylic acids is 1. The number of carboxylic acids is 1. The first-order valence-corrected chi connectivity index (χ1v) is 4.92. The molecular formula is C9H13ClN2O3. The number of carbonyl (C=O) groups is 2. The molecule has 1 aliphatic carbocycles. The third-order valence-electron chi connectivity index (χ3n) is 2.34. The third-order valence-corrected chi connectivity index (χ3v) is 2.47. The van der Waals surface area contributed by atoms with E-state index < -0.39 is 17.4 Å². The van der Waals surface area contributed by atoms with Crippen molar-refractivity contribution in [3.8, 4) is 0 Å². The summed E-state index contributed by atoms with van der Waals surface area (Å²) >= 11 is 5.44. The Labute approximate surface area is 92.5 Å². The van der Waals surface area contributed by atoms with Gasteiger partial charge in [-0.2, -0.15) is 0 Å². The Hall–Kier alpha value is -1.23. The lowest BCUT2D eigenvalue weighted by atomic mass is 10.1. The van der Waals surface area contributed by atoms with Crippen LogP contribution in [-0.4, -0.2) is 30.2 Å². The lowest BCUT2D eigenvalue weighted by Crippen LogP contribution is -2.41. The number of carbonyl (C=O) groups excluding carboxylic acids is 1. The van der Waals surface area contributed by atoms with Crippen LogP contribution in [0.1, 0.15) is 12.8 Å². The van der Waals surface area contributed by atoms with Gasteiger partial charge in [-0.15, -0.1) is 0 Å². The third kappa shape index (κ3) is 3.43. The monoisotopic (exact) mass is 232 g/mol. The minimum atomic E-state index is -0.857. The number of rotatable bonds is 5. The molecule has 0 aromatic rings. The van der Waals surface area contributed by atoms with Crippen LogP contribution in [0.5, 0.6) is 0 Å². The Morgan fingerprint density at radius 1 is 1.40 bits per heavy atom. The lowest BCUT2D eigenvalue weighted by Gasteiger charge is -2.11. The van der Waals surface area contributed by atoms with Crippen LogP contribution in [0.4, 0.5) is 4.79 Å². The summed E-state index contributed by atoms with van der Waals surface area (Å²) in [6.07, 6.45) is 1.23. The summed E-state index contributed by atoms with van der Waals surface area (Å²) in [6.45, 7) is 3.74. The molecule has 15 heavy (non-hydrogen) atoms. The fourth-order valence-electron chi connectivity index (χ4n) is 1.11. The van der Waals surface area contributed by atoms with Crippen molar-refractivity contribution in [3.05, 3.63) is 11.6 Å². The normalized spacial score (nSPS) is 16.6. The Kier molecular flexibility index (Phi) is 3.57. The molecule has 0 aromatic heterocycles. The number of amides is 2. The molecule has 3 N–H and O–H groups in total. The first kappa shape index (κ1) is 11.8. The number of urea groups is 1. The molecule has 0 aliphatic heterocycles. The van der Waals surface area contributed by atoms with Gasteiger partial charge >= 0.3 is 12.0 Å². The van der Waals surface area contributed by atoms with Gasteiger partial charge in [0.2, 0.25) is 0 Å². The van der Waals surface area contributed by atoms with Crippen LogP contribution in [0.15, 0.2) is 11.6 Å². The van der Waals surface area contributed by atoms with Crippen LogP contribution in [0.25, 0.3) is 0 Å².